The first-order chi connectivity index (χ1) is 6.90. The van der Waals surface area contributed by atoms with Crippen LogP contribution in [0.2, 0.25) is 0 Å². The van der Waals surface area contributed by atoms with Crippen LogP contribution in [0.1, 0.15) is 43.7 Å². The third-order valence-corrected chi connectivity index (χ3v) is 2.70. The molecule has 1 heterocycles. The van der Waals surface area contributed by atoms with Crippen molar-refractivity contribution in [3.8, 4) is 0 Å². The Morgan fingerprint density at radius 2 is 2.21 bits per heavy atom. The van der Waals surface area contributed by atoms with Crippen molar-refractivity contribution in [3.05, 3.63) is 11.8 Å². The van der Waals surface area contributed by atoms with Gasteiger partial charge >= 0.3 is 0 Å². The molecule has 0 radical (unpaired) electrons. The molecule has 0 spiro atoms. The molecule has 0 bridgehead atoms. The van der Waals surface area contributed by atoms with Crippen LogP contribution in [0.5, 0.6) is 0 Å². The highest BCUT2D eigenvalue weighted by Crippen LogP contribution is 2.33. The molecule has 0 amide bonds. The van der Waals surface area contributed by atoms with Crippen LogP contribution in [-0.2, 0) is 4.79 Å². The number of aromatic nitrogens is 1. The molecule has 1 saturated carbocycles. The van der Waals surface area contributed by atoms with Gasteiger partial charge in [0.25, 0.3) is 5.88 Å². The lowest BCUT2D eigenvalue weighted by Crippen LogP contribution is -2.04. The van der Waals surface area contributed by atoms with Crippen LogP contribution in [0.3, 0.4) is 0 Å². The monoisotopic (exact) mass is 192 g/mol. The minimum absolute atomic E-state index is 0.264. The molecule has 4 heteroatoms. The van der Waals surface area contributed by atoms with Gasteiger partial charge in [-0.15, -0.1) is 4.99 Å². The Morgan fingerprint density at radius 1 is 1.43 bits per heavy atom. The first kappa shape index (κ1) is 9.16. The first-order valence-corrected chi connectivity index (χ1v) is 4.94. The number of hydrogen-bond donors (Lipinski definition) is 0. The van der Waals surface area contributed by atoms with Crippen molar-refractivity contribution in [3.63, 3.8) is 0 Å². The van der Waals surface area contributed by atoms with Crippen molar-refractivity contribution in [1.29, 1.82) is 0 Å². The average Bonchev–Trinajstić information content (AvgIpc) is 2.68. The molecule has 1 aliphatic rings. The maximum atomic E-state index is 9.98. The topological polar surface area (TPSA) is 55.5 Å². The zero-order valence-electron chi connectivity index (χ0n) is 7.90. The molecule has 0 aromatic carbocycles. The summed E-state index contributed by atoms with van der Waals surface area (Å²) in [7, 11) is 0. The maximum absolute atomic E-state index is 9.98. The van der Waals surface area contributed by atoms with Gasteiger partial charge in [0, 0.05) is 12.0 Å². The van der Waals surface area contributed by atoms with E-state index in [-0.39, 0.29) is 5.88 Å². The summed E-state index contributed by atoms with van der Waals surface area (Å²) >= 11 is 0. The lowest BCUT2D eigenvalue weighted by molar-refractivity contribution is 0.385. The van der Waals surface area contributed by atoms with E-state index in [1.165, 1.54) is 25.3 Å². The molecule has 0 N–H and O–H groups in total. The van der Waals surface area contributed by atoms with Crippen LogP contribution in [0, 0.1) is 0 Å². The number of nitrogens with zero attached hydrogens (tertiary/aromatic N) is 2. The lowest BCUT2D eigenvalue weighted by atomic mass is 9.87. The molecule has 4 nitrogen and oxygen atoms in total. The molecule has 0 unspecified atom stereocenters. The Bertz CT molecular complexity index is 347. The fraction of sp³-hybridized carbons (Fsp3) is 0.600. The van der Waals surface area contributed by atoms with Gasteiger partial charge in [-0.3, -0.25) is 0 Å². The van der Waals surface area contributed by atoms with Crippen molar-refractivity contribution in [2.75, 3.05) is 0 Å². The fourth-order valence-electron chi connectivity index (χ4n) is 1.97. The summed E-state index contributed by atoms with van der Waals surface area (Å²) in [5.41, 5.74) is 0.929. The van der Waals surface area contributed by atoms with Crippen LogP contribution in [0.25, 0.3) is 0 Å². The van der Waals surface area contributed by atoms with Crippen molar-refractivity contribution in [2.24, 2.45) is 4.99 Å². The molecule has 0 saturated heterocycles. The summed E-state index contributed by atoms with van der Waals surface area (Å²) in [6.45, 7) is 0. The van der Waals surface area contributed by atoms with E-state index in [0.29, 0.717) is 5.92 Å². The number of aliphatic imine (C=N–C) groups is 1. The summed E-state index contributed by atoms with van der Waals surface area (Å²) in [5, 5.41) is 3.91. The third-order valence-electron chi connectivity index (χ3n) is 2.70. The van der Waals surface area contributed by atoms with Crippen molar-refractivity contribution in [1.82, 2.24) is 5.16 Å². The summed E-state index contributed by atoms with van der Waals surface area (Å²) in [5.74, 6) is 0.753. The smallest absolute Gasteiger partial charge is 0.261 e. The minimum Gasteiger partial charge on any atom is -0.335 e. The summed E-state index contributed by atoms with van der Waals surface area (Å²) in [6, 6.07) is 1.74. The highest BCUT2D eigenvalue weighted by atomic mass is 16.5. The van der Waals surface area contributed by atoms with Crippen LogP contribution in [-0.4, -0.2) is 11.2 Å². The van der Waals surface area contributed by atoms with Crippen molar-refractivity contribution < 1.29 is 9.32 Å². The number of carbonyl (C=O) groups excluding carboxylic acids is 1. The van der Waals surface area contributed by atoms with E-state index < -0.39 is 0 Å². The minimum atomic E-state index is 0.264. The van der Waals surface area contributed by atoms with E-state index in [2.05, 4.69) is 10.1 Å². The highest BCUT2D eigenvalue weighted by molar-refractivity contribution is 5.43. The molecule has 2 rings (SSSR count). The second-order valence-electron chi connectivity index (χ2n) is 3.63. The molecular formula is C10H12N2O2. The highest BCUT2D eigenvalue weighted by Gasteiger charge is 2.19. The van der Waals surface area contributed by atoms with Crippen LogP contribution >= 0.6 is 0 Å². The Labute approximate surface area is 82.0 Å². The second-order valence-corrected chi connectivity index (χ2v) is 3.63. The molecule has 1 aromatic heterocycles. The molecule has 1 aliphatic carbocycles. The average molecular weight is 192 g/mol. The molecule has 1 aromatic rings. The van der Waals surface area contributed by atoms with Crippen molar-refractivity contribution >= 4 is 12.0 Å². The van der Waals surface area contributed by atoms with Gasteiger partial charge in [0.1, 0.15) is 0 Å². The number of isocyanates is 1. The zero-order chi connectivity index (χ0) is 9.80. The quantitative estimate of drug-likeness (QED) is 0.534. The predicted molar refractivity (Wildman–Crippen MR) is 50.1 cm³/mol. The Kier molecular flexibility index (Phi) is 2.75. The Balaban J connectivity index is 2.10. The standard InChI is InChI=1S/C10H12N2O2/c13-7-11-10-6-9(12-14-10)8-4-2-1-3-5-8/h6,8H,1-5H2. The van der Waals surface area contributed by atoms with Crippen LogP contribution in [0.4, 0.5) is 5.88 Å². The van der Waals surface area contributed by atoms with Crippen molar-refractivity contribution in [2.45, 2.75) is 38.0 Å². The molecular weight excluding hydrogens is 180 g/mol. The van der Waals surface area contributed by atoms with Gasteiger partial charge in [-0.05, 0) is 12.8 Å². The van der Waals surface area contributed by atoms with Gasteiger partial charge in [0.2, 0.25) is 6.08 Å². The van der Waals surface area contributed by atoms with E-state index >= 15 is 0 Å². The molecule has 14 heavy (non-hydrogen) atoms. The fourth-order valence-corrected chi connectivity index (χ4v) is 1.97. The van der Waals surface area contributed by atoms with E-state index in [1.807, 2.05) is 0 Å². The van der Waals surface area contributed by atoms with E-state index in [1.54, 1.807) is 6.07 Å². The SMILES string of the molecule is O=C=Nc1cc(C2CCCCC2)no1. The van der Waals surface area contributed by atoms with Crippen LogP contribution < -0.4 is 0 Å². The molecule has 0 aliphatic heterocycles. The van der Waals surface area contributed by atoms with Crippen LogP contribution in [0.15, 0.2) is 15.6 Å². The molecule has 74 valence electrons. The van der Waals surface area contributed by atoms with E-state index in [9.17, 15) is 4.79 Å². The van der Waals surface area contributed by atoms with Gasteiger partial charge < -0.3 is 4.52 Å². The van der Waals surface area contributed by atoms with Gasteiger partial charge in [-0.25, -0.2) is 4.79 Å². The number of rotatable bonds is 2. The molecule has 1 fully saturated rings. The van der Waals surface area contributed by atoms with Gasteiger partial charge in [0.05, 0.1) is 5.69 Å². The van der Waals surface area contributed by atoms with Gasteiger partial charge in [0.15, 0.2) is 0 Å². The predicted octanol–water partition coefficient (Wildman–Crippen LogP) is 2.69. The first-order valence-electron chi connectivity index (χ1n) is 4.94. The van der Waals surface area contributed by atoms with E-state index in [0.717, 1.165) is 18.5 Å². The summed E-state index contributed by atoms with van der Waals surface area (Å²) in [4.78, 5) is 13.4. The number of hydrogen-bond acceptors (Lipinski definition) is 4. The normalized spacial score (nSPS) is 17.7. The van der Waals surface area contributed by atoms with Gasteiger partial charge in [-0.2, -0.15) is 0 Å². The summed E-state index contributed by atoms with van der Waals surface area (Å²) < 4.78 is 4.88. The molecule has 0 atom stereocenters. The maximum Gasteiger partial charge on any atom is 0.261 e. The Hall–Kier alpha value is -1.41. The third kappa shape index (κ3) is 1.91. The van der Waals surface area contributed by atoms with Gasteiger partial charge in [-0.1, -0.05) is 24.4 Å². The zero-order valence-corrected chi connectivity index (χ0v) is 7.90. The largest absolute Gasteiger partial charge is 0.335 e. The summed E-state index contributed by atoms with van der Waals surface area (Å²) in [6.07, 6.45) is 7.59. The Morgan fingerprint density at radius 3 is 2.93 bits per heavy atom. The lowest BCUT2D eigenvalue weighted by Gasteiger charge is -2.18. The second kappa shape index (κ2) is 4.20. The van der Waals surface area contributed by atoms with E-state index in [4.69, 9.17) is 4.52 Å².